The van der Waals surface area contributed by atoms with Crippen molar-refractivity contribution >= 4 is 21.7 Å². The lowest BCUT2D eigenvalue weighted by atomic mass is 9.69. The second kappa shape index (κ2) is 5.70. The summed E-state index contributed by atoms with van der Waals surface area (Å²) in [5.41, 5.74) is 1.00. The maximum Gasteiger partial charge on any atom is 0.161 e. The molecular weight excluding hydrogens is 346 g/mol. The fourth-order valence-corrected chi connectivity index (χ4v) is 4.42. The quantitative estimate of drug-likeness (QED) is 0.825. The van der Waals surface area contributed by atoms with Crippen LogP contribution in [0, 0.1) is 0 Å². The number of nitrogens with zero attached hydrogens (tertiary/aromatic N) is 1. The topological polar surface area (TPSA) is 38.8 Å². The van der Waals surface area contributed by atoms with Gasteiger partial charge in [-0.15, -0.1) is 0 Å². The zero-order valence-corrected chi connectivity index (χ0v) is 14.6. The molecule has 1 saturated heterocycles. The van der Waals surface area contributed by atoms with Crippen molar-refractivity contribution in [3.63, 3.8) is 0 Å². The Kier molecular flexibility index (Phi) is 4.03. The van der Waals surface area contributed by atoms with E-state index in [2.05, 4.69) is 34.0 Å². The molecule has 1 aliphatic heterocycles. The van der Waals surface area contributed by atoms with Crippen molar-refractivity contribution in [1.29, 1.82) is 0 Å². The third-order valence-corrected chi connectivity index (χ3v) is 5.60. The van der Waals surface area contributed by atoms with Crippen LogP contribution in [0.15, 0.2) is 28.8 Å². The number of hydrogen-bond acceptors (Lipinski definition) is 4. The maximum atomic E-state index is 11.9. The number of halogens is 1. The summed E-state index contributed by atoms with van der Waals surface area (Å²) in [7, 11) is 5.37. The van der Waals surface area contributed by atoms with Crippen LogP contribution in [0.1, 0.15) is 18.4 Å². The van der Waals surface area contributed by atoms with E-state index in [1.54, 1.807) is 20.3 Å². The van der Waals surface area contributed by atoms with Crippen LogP contribution >= 0.6 is 15.9 Å². The van der Waals surface area contributed by atoms with E-state index in [1.807, 2.05) is 12.1 Å². The van der Waals surface area contributed by atoms with Crippen LogP contribution in [0.25, 0.3) is 0 Å². The minimum atomic E-state index is -0.152. The van der Waals surface area contributed by atoms with Crippen molar-refractivity contribution in [2.45, 2.75) is 24.3 Å². The molecule has 2 atom stereocenters. The monoisotopic (exact) mass is 365 g/mol. The zero-order chi connectivity index (χ0) is 15.9. The summed E-state index contributed by atoms with van der Waals surface area (Å²) in [5, 5.41) is 0. The van der Waals surface area contributed by atoms with Gasteiger partial charge < -0.3 is 14.4 Å². The van der Waals surface area contributed by atoms with E-state index >= 15 is 0 Å². The minimum Gasteiger partial charge on any atom is -0.493 e. The molecule has 0 spiro atoms. The molecule has 118 valence electrons. The van der Waals surface area contributed by atoms with Crippen LogP contribution in [-0.4, -0.2) is 44.5 Å². The number of likely N-dealkylation sites (N-methyl/N-ethyl adjacent to an activating group) is 1. The second-order valence-corrected chi connectivity index (χ2v) is 6.83. The van der Waals surface area contributed by atoms with Crippen LogP contribution < -0.4 is 9.47 Å². The number of likely N-dealkylation sites (tertiary alicyclic amines) is 1. The first-order valence-corrected chi connectivity index (χ1v) is 8.15. The minimum absolute atomic E-state index is 0.152. The molecule has 1 aliphatic carbocycles. The molecule has 1 heterocycles. The van der Waals surface area contributed by atoms with E-state index in [0.717, 1.165) is 23.0 Å². The number of rotatable bonds is 3. The molecule has 0 amide bonds. The van der Waals surface area contributed by atoms with Gasteiger partial charge in [0.15, 0.2) is 17.3 Å². The summed E-state index contributed by atoms with van der Waals surface area (Å²) in [6, 6.07) is 4.18. The fraction of sp³-hybridized carbons (Fsp3) is 0.471. The smallest absolute Gasteiger partial charge is 0.161 e. The molecule has 1 aromatic rings. The normalized spacial score (nSPS) is 27.8. The lowest BCUT2D eigenvalue weighted by molar-refractivity contribution is -0.116. The Balaban J connectivity index is 2.16. The first-order valence-electron chi connectivity index (χ1n) is 7.36. The van der Waals surface area contributed by atoms with Crippen LogP contribution in [0.2, 0.25) is 0 Å². The summed E-state index contributed by atoms with van der Waals surface area (Å²) >= 11 is 3.68. The van der Waals surface area contributed by atoms with Gasteiger partial charge in [-0.1, -0.05) is 22.0 Å². The highest BCUT2D eigenvalue weighted by atomic mass is 79.9. The van der Waals surface area contributed by atoms with Crippen molar-refractivity contribution in [1.82, 2.24) is 4.90 Å². The maximum absolute atomic E-state index is 11.9. The van der Waals surface area contributed by atoms with Gasteiger partial charge in [-0.05, 0) is 43.8 Å². The highest BCUT2D eigenvalue weighted by Gasteiger charge is 2.49. The predicted octanol–water partition coefficient (Wildman–Crippen LogP) is 2.94. The average Bonchev–Trinajstić information content (AvgIpc) is 2.85. The SMILES string of the molecule is COc1cc(Br)c(C23C=CC(=O)CC2N(C)CC3)cc1OC. The lowest BCUT2D eigenvalue weighted by Crippen LogP contribution is -2.43. The molecule has 0 N–H and O–H groups in total. The van der Waals surface area contributed by atoms with Crippen molar-refractivity contribution in [2.75, 3.05) is 27.8 Å². The van der Waals surface area contributed by atoms with Gasteiger partial charge in [0.25, 0.3) is 0 Å². The molecule has 0 aromatic heterocycles. The number of benzene rings is 1. The Hall–Kier alpha value is -1.33. The molecule has 3 rings (SSSR count). The molecular formula is C17H20BrNO3. The standard InChI is InChI=1S/C17H20BrNO3/c1-19-7-6-17(5-4-11(20)8-16(17)19)12-9-14(21-2)15(22-3)10-13(12)18/h4-5,9-10,16H,6-8H2,1-3H3. The van der Waals surface area contributed by atoms with Gasteiger partial charge in [0.2, 0.25) is 0 Å². The van der Waals surface area contributed by atoms with E-state index < -0.39 is 0 Å². The molecule has 22 heavy (non-hydrogen) atoms. The summed E-state index contributed by atoms with van der Waals surface area (Å²) in [6.07, 6.45) is 5.37. The van der Waals surface area contributed by atoms with E-state index in [1.165, 1.54) is 0 Å². The summed E-state index contributed by atoms with van der Waals surface area (Å²) < 4.78 is 11.8. The van der Waals surface area contributed by atoms with Gasteiger partial charge in [0.05, 0.1) is 14.2 Å². The number of allylic oxidation sites excluding steroid dienone is 1. The Morgan fingerprint density at radius 2 is 1.95 bits per heavy atom. The number of ether oxygens (including phenoxy) is 2. The van der Waals surface area contributed by atoms with Gasteiger partial charge in [0.1, 0.15) is 0 Å². The number of ketones is 1. The van der Waals surface area contributed by atoms with Gasteiger partial charge >= 0.3 is 0 Å². The van der Waals surface area contributed by atoms with Crippen LogP contribution in [0.3, 0.4) is 0 Å². The Morgan fingerprint density at radius 1 is 1.27 bits per heavy atom. The van der Waals surface area contributed by atoms with Gasteiger partial charge in [-0.2, -0.15) is 0 Å². The van der Waals surface area contributed by atoms with Crippen LogP contribution in [0.4, 0.5) is 0 Å². The largest absolute Gasteiger partial charge is 0.493 e. The predicted molar refractivity (Wildman–Crippen MR) is 88.7 cm³/mol. The van der Waals surface area contributed by atoms with E-state index in [4.69, 9.17) is 9.47 Å². The summed E-state index contributed by atoms with van der Waals surface area (Å²) in [5.74, 6) is 1.62. The van der Waals surface area contributed by atoms with Gasteiger partial charge in [-0.25, -0.2) is 0 Å². The molecule has 4 nitrogen and oxygen atoms in total. The molecule has 0 bridgehead atoms. The fourth-order valence-electron chi connectivity index (χ4n) is 3.72. The average molecular weight is 366 g/mol. The van der Waals surface area contributed by atoms with Crippen LogP contribution in [0.5, 0.6) is 11.5 Å². The van der Waals surface area contributed by atoms with Gasteiger partial charge in [0, 0.05) is 22.4 Å². The van der Waals surface area contributed by atoms with Crippen molar-refractivity contribution in [3.8, 4) is 11.5 Å². The molecule has 1 fully saturated rings. The Morgan fingerprint density at radius 3 is 2.64 bits per heavy atom. The highest BCUT2D eigenvalue weighted by Crippen LogP contribution is 2.49. The number of hydrogen-bond donors (Lipinski definition) is 0. The molecule has 2 unspecified atom stereocenters. The lowest BCUT2D eigenvalue weighted by Gasteiger charge is -2.38. The highest BCUT2D eigenvalue weighted by molar-refractivity contribution is 9.10. The molecule has 5 heteroatoms. The number of carbonyl (C=O) groups is 1. The third kappa shape index (κ3) is 2.27. The second-order valence-electron chi connectivity index (χ2n) is 5.98. The Labute approximate surface area is 139 Å². The van der Waals surface area contributed by atoms with Crippen molar-refractivity contribution in [3.05, 3.63) is 34.3 Å². The number of carbonyl (C=O) groups excluding carboxylic acids is 1. The third-order valence-electron chi connectivity index (χ3n) is 4.94. The Bertz CT molecular complexity index is 643. The summed E-state index contributed by atoms with van der Waals surface area (Å²) in [6.45, 7) is 0.975. The number of methoxy groups -OCH3 is 2. The molecule has 0 saturated carbocycles. The van der Waals surface area contributed by atoms with Crippen molar-refractivity contribution < 1.29 is 14.3 Å². The molecule has 1 aromatic carbocycles. The summed E-state index contributed by atoms with van der Waals surface area (Å²) in [4.78, 5) is 14.1. The van der Waals surface area contributed by atoms with Crippen molar-refractivity contribution in [2.24, 2.45) is 0 Å². The zero-order valence-electron chi connectivity index (χ0n) is 13.1. The van der Waals surface area contributed by atoms with Crippen LogP contribution in [-0.2, 0) is 10.2 Å². The number of fused-ring (bicyclic) bond motifs is 1. The molecule has 2 aliphatic rings. The van der Waals surface area contributed by atoms with Gasteiger partial charge in [-0.3, -0.25) is 4.79 Å². The molecule has 0 radical (unpaired) electrons. The first kappa shape index (κ1) is 15.6. The van der Waals surface area contributed by atoms with E-state index in [9.17, 15) is 4.79 Å². The first-order chi connectivity index (χ1) is 10.5. The van der Waals surface area contributed by atoms with E-state index in [0.29, 0.717) is 17.9 Å². The van der Waals surface area contributed by atoms with E-state index in [-0.39, 0.29) is 17.2 Å².